The first-order chi connectivity index (χ1) is 8.27. The van der Waals surface area contributed by atoms with Crippen LogP contribution in [-0.2, 0) is 4.74 Å². The molecule has 3 nitrogen and oxygen atoms in total. The number of hydrogen-bond acceptors (Lipinski definition) is 3. The van der Waals surface area contributed by atoms with E-state index in [2.05, 4.69) is 24.1 Å². The number of methoxy groups -OCH3 is 1. The van der Waals surface area contributed by atoms with E-state index in [0.717, 1.165) is 25.6 Å². The molecule has 1 aliphatic heterocycles. The van der Waals surface area contributed by atoms with E-state index in [4.69, 9.17) is 4.74 Å². The molecule has 0 amide bonds. The van der Waals surface area contributed by atoms with E-state index in [1.807, 2.05) is 7.11 Å². The van der Waals surface area contributed by atoms with Crippen LogP contribution >= 0.6 is 0 Å². The molecule has 0 aliphatic carbocycles. The Kier molecular flexibility index (Phi) is 7.82. The van der Waals surface area contributed by atoms with E-state index >= 15 is 0 Å². The maximum absolute atomic E-state index is 5.28. The quantitative estimate of drug-likeness (QED) is 0.660. The molecule has 0 aromatic heterocycles. The predicted molar refractivity (Wildman–Crippen MR) is 73.4 cm³/mol. The van der Waals surface area contributed by atoms with Crippen molar-refractivity contribution in [2.45, 2.75) is 45.6 Å². The highest BCUT2D eigenvalue weighted by Gasteiger charge is 2.22. The van der Waals surface area contributed by atoms with Crippen molar-refractivity contribution < 1.29 is 4.74 Å². The molecular formula is C14H30N2O. The maximum atomic E-state index is 5.28. The van der Waals surface area contributed by atoms with E-state index in [0.29, 0.717) is 6.04 Å². The molecule has 0 spiro atoms. The van der Waals surface area contributed by atoms with E-state index in [1.54, 1.807) is 0 Å². The summed E-state index contributed by atoms with van der Waals surface area (Å²) in [6, 6.07) is 0.707. The monoisotopic (exact) mass is 242 g/mol. The van der Waals surface area contributed by atoms with Crippen LogP contribution in [0.15, 0.2) is 0 Å². The van der Waals surface area contributed by atoms with Gasteiger partial charge in [-0.05, 0) is 58.2 Å². The van der Waals surface area contributed by atoms with Crippen LogP contribution in [0.1, 0.15) is 39.5 Å². The van der Waals surface area contributed by atoms with Crippen molar-refractivity contribution in [3.8, 4) is 0 Å². The molecule has 0 radical (unpaired) electrons. The molecule has 1 aliphatic rings. The number of hydrogen-bond donors (Lipinski definition) is 1. The molecule has 0 bridgehead atoms. The van der Waals surface area contributed by atoms with Crippen molar-refractivity contribution in [2.75, 3.05) is 39.9 Å². The van der Waals surface area contributed by atoms with Crippen molar-refractivity contribution in [2.24, 2.45) is 5.92 Å². The summed E-state index contributed by atoms with van der Waals surface area (Å²) in [5.41, 5.74) is 0. The summed E-state index contributed by atoms with van der Waals surface area (Å²) in [6.07, 6.45) is 5.17. The van der Waals surface area contributed by atoms with Gasteiger partial charge in [-0.25, -0.2) is 0 Å². The Morgan fingerprint density at radius 2 is 2.24 bits per heavy atom. The zero-order valence-electron chi connectivity index (χ0n) is 11.9. The molecule has 17 heavy (non-hydrogen) atoms. The molecule has 2 unspecified atom stereocenters. The van der Waals surface area contributed by atoms with E-state index < -0.39 is 0 Å². The number of piperidine rings is 1. The van der Waals surface area contributed by atoms with Crippen LogP contribution in [0.3, 0.4) is 0 Å². The van der Waals surface area contributed by atoms with Gasteiger partial charge in [-0.1, -0.05) is 6.92 Å². The molecule has 2 atom stereocenters. The third-order valence-corrected chi connectivity index (χ3v) is 3.74. The first-order valence-electron chi connectivity index (χ1n) is 7.21. The molecule has 0 aromatic carbocycles. The number of nitrogens with zero attached hydrogens (tertiary/aromatic N) is 1. The van der Waals surface area contributed by atoms with Crippen molar-refractivity contribution in [1.82, 2.24) is 10.2 Å². The molecule has 3 heteroatoms. The summed E-state index contributed by atoms with van der Waals surface area (Å²) >= 11 is 0. The average molecular weight is 242 g/mol. The van der Waals surface area contributed by atoms with Crippen LogP contribution in [0.5, 0.6) is 0 Å². The molecule has 102 valence electrons. The van der Waals surface area contributed by atoms with Crippen LogP contribution in [0.2, 0.25) is 0 Å². The van der Waals surface area contributed by atoms with Crippen molar-refractivity contribution in [3.63, 3.8) is 0 Å². The van der Waals surface area contributed by atoms with Crippen LogP contribution in [0.4, 0.5) is 0 Å². The van der Waals surface area contributed by atoms with Gasteiger partial charge in [-0.15, -0.1) is 0 Å². The third-order valence-electron chi connectivity index (χ3n) is 3.74. The number of nitrogens with one attached hydrogen (secondary N) is 1. The largest absolute Gasteiger partial charge is 0.384 e. The van der Waals surface area contributed by atoms with Gasteiger partial charge >= 0.3 is 0 Å². The van der Waals surface area contributed by atoms with E-state index in [9.17, 15) is 0 Å². The lowest BCUT2D eigenvalue weighted by Crippen LogP contribution is -2.43. The summed E-state index contributed by atoms with van der Waals surface area (Å²) in [5.74, 6) is 0.750. The lowest BCUT2D eigenvalue weighted by Gasteiger charge is -2.36. The highest BCUT2D eigenvalue weighted by molar-refractivity contribution is 4.77. The topological polar surface area (TPSA) is 24.5 Å². The summed E-state index contributed by atoms with van der Waals surface area (Å²) in [6.45, 7) is 10.3. The molecule has 1 saturated heterocycles. The van der Waals surface area contributed by atoms with Gasteiger partial charge < -0.3 is 15.0 Å². The minimum absolute atomic E-state index is 0.707. The Bertz CT molecular complexity index is 185. The second kappa shape index (κ2) is 8.90. The standard InChI is InChI=1S/C14H30N2O/c1-4-8-15-9-7-13(2)16-10-5-6-14(11-16)12-17-3/h13-15H,4-12H2,1-3H3. The molecular weight excluding hydrogens is 212 g/mol. The van der Waals surface area contributed by atoms with Crippen LogP contribution in [0, 0.1) is 5.92 Å². The fraction of sp³-hybridized carbons (Fsp3) is 1.00. The number of likely N-dealkylation sites (tertiary alicyclic amines) is 1. The van der Waals surface area contributed by atoms with Gasteiger partial charge in [0.2, 0.25) is 0 Å². The minimum atomic E-state index is 0.707. The van der Waals surface area contributed by atoms with Gasteiger partial charge in [0.25, 0.3) is 0 Å². The third kappa shape index (κ3) is 5.84. The highest BCUT2D eigenvalue weighted by atomic mass is 16.5. The smallest absolute Gasteiger partial charge is 0.0502 e. The number of ether oxygens (including phenoxy) is 1. The van der Waals surface area contributed by atoms with Crippen LogP contribution in [-0.4, -0.2) is 50.8 Å². The Morgan fingerprint density at radius 1 is 1.41 bits per heavy atom. The fourth-order valence-electron chi connectivity index (χ4n) is 2.66. The lowest BCUT2D eigenvalue weighted by atomic mass is 9.97. The summed E-state index contributed by atoms with van der Waals surface area (Å²) in [5, 5.41) is 3.49. The van der Waals surface area contributed by atoms with Gasteiger partial charge in [0.05, 0.1) is 6.61 Å². The Hall–Kier alpha value is -0.120. The number of rotatable bonds is 8. The van der Waals surface area contributed by atoms with Gasteiger partial charge in [0.15, 0.2) is 0 Å². The highest BCUT2D eigenvalue weighted by Crippen LogP contribution is 2.19. The summed E-state index contributed by atoms with van der Waals surface area (Å²) in [7, 11) is 1.82. The van der Waals surface area contributed by atoms with Gasteiger partial charge in [-0.2, -0.15) is 0 Å². The fourth-order valence-corrected chi connectivity index (χ4v) is 2.66. The zero-order chi connectivity index (χ0) is 12.5. The molecule has 0 saturated carbocycles. The van der Waals surface area contributed by atoms with Crippen LogP contribution < -0.4 is 5.32 Å². The van der Waals surface area contributed by atoms with Gasteiger partial charge in [0.1, 0.15) is 0 Å². The second-order valence-corrected chi connectivity index (χ2v) is 5.35. The van der Waals surface area contributed by atoms with Crippen molar-refractivity contribution >= 4 is 0 Å². The Labute approximate surface area is 107 Å². The van der Waals surface area contributed by atoms with Crippen molar-refractivity contribution in [3.05, 3.63) is 0 Å². The normalized spacial score (nSPS) is 23.8. The van der Waals surface area contributed by atoms with E-state index in [1.165, 1.54) is 38.8 Å². The molecule has 1 fully saturated rings. The summed E-state index contributed by atoms with van der Waals surface area (Å²) in [4.78, 5) is 2.64. The summed E-state index contributed by atoms with van der Waals surface area (Å²) < 4.78 is 5.28. The first kappa shape index (κ1) is 14.9. The predicted octanol–water partition coefficient (Wildman–Crippen LogP) is 2.12. The average Bonchev–Trinajstić information content (AvgIpc) is 2.35. The minimum Gasteiger partial charge on any atom is -0.384 e. The molecule has 1 heterocycles. The van der Waals surface area contributed by atoms with Crippen molar-refractivity contribution in [1.29, 1.82) is 0 Å². The Balaban J connectivity index is 2.18. The van der Waals surface area contributed by atoms with Gasteiger partial charge in [0, 0.05) is 19.7 Å². The molecule has 1 N–H and O–H groups in total. The molecule has 0 aromatic rings. The SMILES string of the molecule is CCCNCCC(C)N1CCCC(COC)C1. The Morgan fingerprint density at radius 3 is 2.94 bits per heavy atom. The maximum Gasteiger partial charge on any atom is 0.0502 e. The second-order valence-electron chi connectivity index (χ2n) is 5.35. The zero-order valence-corrected chi connectivity index (χ0v) is 11.9. The van der Waals surface area contributed by atoms with E-state index in [-0.39, 0.29) is 0 Å². The lowest BCUT2D eigenvalue weighted by molar-refractivity contribution is 0.0702. The van der Waals surface area contributed by atoms with Gasteiger partial charge in [-0.3, -0.25) is 0 Å². The molecule has 1 rings (SSSR count). The van der Waals surface area contributed by atoms with Crippen LogP contribution in [0.25, 0.3) is 0 Å². The first-order valence-corrected chi connectivity index (χ1v) is 7.21.